The van der Waals surface area contributed by atoms with Crippen LogP contribution in [-0.4, -0.2) is 13.3 Å². The van der Waals surface area contributed by atoms with Crippen molar-refractivity contribution in [3.05, 3.63) is 32.3 Å². The summed E-state index contributed by atoms with van der Waals surface area (Å²) in [6.45, 7) is 1.35. The minimum atomic E-state index is -4.93. The second-order valence-corrected chi connectivity index (χ2v) is 4.93. The Balaban J connectivity index is 3.58. The van der Waals surface area contributed by atoms with Crippen LogP contribution in [0, 0.1) is 17.0 Å². The van der Waals surface area contributed by atoms with E-state index in [0.29, 0.717) is 6.07 Å². The van der Waals surface area contributed by atoms with E-state index in [0.717, 1.165) is 0 Å². The van der Waals surface area contributed by atoms with E-state index < -0.39 is 25.7 Å². The molecule has 0 bridgehead atoms. The van der Waals surface area contributed by atoms with Gasteiger partial charge in [0.25, 0.3) is 5.69 Å². The van der Waals surface area contributed by atoms with Gasteiger partial charge in [0.2, 0.25) is 0 Å². The molecule has 0 fully saturated rings. The Bertz CT molecular complexity index is 528. The monoisotopic (exact) mass is 297 g/mol. The summed E-state index contributed by atoms with van der Waals surface area (Å²) in [5.41, 5.74) is -0.383. The van der Waals surface area contributed by atoms with Crippen LogP contribution in [0.25, 0.3) is 0 Å². The number of aryl methyl sites for hydroxylation is 1. The summed E-state index contributed by atoms with van der Waals surface area (Å²) in [5, 5.41) is 10.5. The summed E-state index contributed by atoms with van der Waals surface area (Å²) in [7, 11) is -4.93. The summed E-state index contributed by atoms with van der Waals surface area (Å²) >= 11 is 2.89. The minimum absolute atomic E-state index is 0.106. The second-order valence-electron chi connectivity index (χ2n) is 2.76. The van der Waals surface area contributed by atoms with Crippen molar-refractivity contribution in [1.82, 2.24) is 0 Å². The summed E-state index contributed by atoms with van der Waals surface area (Å²) < 4.78 is 34.1. The number of rotatable bonds is 2. The Morgan fingerprint density at radius 2 is 2.00 bits per heavy atom. The zero-order chi connectivity index (χ0) is 11.8. The third kappa shape index (κ3) is 2.51. The van der Waals surface area contributed by atoms with Gasteiger partial charge in [-0.05, 0) is 34.5 Å². The van der Waals surface area contributed by atoms with Crippen molar-refractivity contribution in [2.45, 2.75) is 11.8 Å². The van der Waals surface area contributed by atoms with Crippen molar-refractivity contribution in [3.63, 3.8) is 0 Å². The van der Waals surface area contributed by atoms with Crippen LogP contribution < -0.4 is 0 Å². The molecule has 0 amide bonds. The van der Waals surface area contributed by atoms with E-state index in [1.165, 1.54) is 13.0 Å². The normalized spacial score (nSPS) is 11.4. The number of benzene rings is 1. The van der Waals surface area contributed by atoms with Crippen LogP contribution in [0.4, 0.5) is 9.57 Å². The quantitative estimate of drug-likeness (QED) is 0.477. The van der Waals surface area contributed by atoms with E-state index in [1.54, 1.807) is 0 Å². The van der Waals surface area contributed by atoms with Gasteiger partial charge in [-0.15, -0.1) is 3.89 Å². The number of hydrogen-bond acceptors (Lipinski definition) is 4. The molecule has 1 aromatic carbocycles. The minimum Gasteiger partial charge on any atom is -0.258 e. The predicted molar refractivity (Wildman–Crippen MR) is 53.8 cm³/mol. The zero-order valence-corrected chi connectivity index (χ0v) is 9.80. The van der Waals surface area contributed by atoms with Crippen LogP contribution in [0.15, 0.2) is 21.5 Å². The van der Waals surface area contributed by atoms with Crippen LogP contribution in [0.3, 0.4) is 0 Å². The van der Waals surface area contributed by atoms with Crippen molar-refractivity contribution < 1.29 is 17.2 Å². The number of nitrogens with zero attached hydrogens (tertiary/aromatic N) is 1. The number of nitro benzene ring substituents is 1. The van der Waals surface area contributed by atoms with Gasteiger partial charge in [-0.1, -0.05) is 0 Å². The Labute approximate surface area is 93.4 Å². The summed E-state index contributed by atoms with van der Waals surface area (Å²) in [4.78, 5) is 8.99. The van der Waals surface area contributed by atoms with Gasteiger partial charge in [0.15, 0.2) is 0 Å². The Morgan fingerprint density at radius 3 is 2.40 bits per heavy atom. The molecule has 0 N–H and O–H groups in total. The van der Waals surface area contributed by atoms with Gasteiger partial charge in [-0.3, -0.25) is 10.1 Å². The van der Waals surface area contributed by atoms with Crippen LogP contribution >= 0.6 is 15.9 Å². The molecular weight excluding hydrogens is 293 g/mol. The molecule has 1 rings (SSSR count). The standard InChI is InChI=1S/C7H5BrFNO4S/c1-4-2-5(8)6(10(11)12)3-7(4)15(9,13)14/h2-3H,1H3. The molecule has 15 heavy (non-hydrogen) atoms. The predicted octanol–water partition coefficient (Wildman–Crippen LogP) is 2.32. The first-order valence-electron chi connectivity index (χ1n) is 3.62. The van der Waals surface area contributed by atoms with E-state index in [-0.39, 0.29) is 10.0 Å². The van der Waals surface area contributed by atoms with Gasteiger partial charge in [0.1, 0.15) is 4.90 Å². The van der Waals surface area contributed by atoms with Crippen molar-refractivity contribution in [2.75, 3.05) is 0 Å². The van der Waals surface area contributed by atoms with Crippen molar-refractivity contribution >= 4 is 31.8 Å². The molecule has 0 aliphatic heterocycles. The van der Waals surface area contributed by atoms with Crippen molar-refractivity contribution in [3.8, 4) is 0 Å². The fourth-order valence-electron chi connectivity index (χ4n) is 1.04. The molecule has 0 radical (unpaired) electrons. The van der Waals surface area contributed by atoms with E-state index in [4.69, 9.17) is 0 Å². The molecule has 0 saturated carbocycles. The smallest absolute Gasteiger partial charge is 0.258 e. The molecule has 0 heterocycles. The van der Waals surface area contributed by atoms with Gasteiger partial charge in [-0.25, -0.2) is 0 Å². The average Bonchev–Trinajstić information content (AvgIpc) is 2.00. The maximum absolute atomic E-state index is 12.7. The van der Waals surface area contributed by atoms with Gasteiger partial charge in [-0.2, -0.15) is 8.42 Å². The van der Waals surface area contributed by atoms with Crippen molar-refractivity contribution in [2.24, 2.45) is 0 Å². The lowest BCUT2D eigenvalue weighted by atomic mass is 10.2. The van der Waals surface area contributed by atoms with Gasteiger partial charge >= 0.3 is 10.2 Å². The highest BCUT2D eigenvalue weighted by atomic mass is 79.9. The first-order valence-corrected chi connectivity index (χ1v) is 5.80. The fraction of sp³-hybridized carbons (Fsp3) is 0.143. The van der Waals surface area contributed by atoms with E-state index >= 15 is 0 Å². The molecule has 0 aromatic heterocycles. The summed E-state index contributed by atoms with van der Waals surface area (Å²) in [5.74, 6) is 0. The van der Waals surface area contributed by atoms with Crippen LogP contribution in [0.2, 0.25) is 0 Å². The highest BCUT2D eigenvalue weighted by Gasteiger charge is 2.22. The molecule has 8 heteroatoms. The lowest BCUT2D eigenvalue weighted by Gasteiger charge is -2.02. The molecule has 0 saturated heterocycles. The average molecular weight is 298 g/mol. The molecule has 0 aliphatic carbocycles. The molecular formula is C7H5BrFNO4S. The Kier molecular flexibility index (Phi) is 3.10. The third-order valence-electron chi connectivity index (χ3n) is 1.70. The first-order chi connectivity index (χ1) is 6.73. The fourth-order valence-corrected chi connectivity index (χ4v) is 2.34. The number of nitro groups is 1. The highest BCUT2D eigenvalue weighted by molar-refractivity contribution is 9.10. The lowest BCUT2D eigenvalue weighted by Crippen LogP contribution is -1.99. The molecule has 0 spiro atoms. The van der Waals surface area contributed by atoms with Crippen LogP contribution in [0.5, 0.6) is 0 Å². The maximum Gasteiger partial charge on any atom is 0.332 e. The number of hydrogen-bond donors (Lipinski definition) is 0. The molecule has 0 atom stereocenters. The Morgan fingerprint density at radius 1 is 1.47 bits per heavy atom. The molecule has 0 aliphatic rings. The van der Waals surface area contributed by atoms with Gasteiger partial charge < -0.3 is 0 Å². The van der Waals surface area contributed by atoms with E-state index in [2.05, 4.69) is 15.9 Å². The zero-order valence-electron chi connectivity index (χ0n) is 7.40. The van der Waals surface area contributed by atoms with Gasteiger partial charge in [0, 0.05) is 6.07 Å². The largest absolute Gasteiger partial charge is 0.332 e. The molecule has 0 unspecified atom stereocenters. The molecule has 1 aromatic rings. The summed E-state index contributed by atoms with van der Waals surface area (Å²) in [6, 6.07) is 1.87. The second kappa shape index (κ2) is 3.86. The van der Waals surface area contributed by atoms with Crippen molar-refractivity contribution in [1.29, 1.82) is 0 Å². The lowest BCUT2D eigenvalue weighted by molar-refractivity contribution is -0.385. The maximum atomic E-state index is 12.7. The van der Waals surface area contributed by atoms with E-state index in [9.17, 15) is 22.4 Å². The Hall–Kier alpha value is -1.02. The first kappa shape index (κ1) is 12.1. The molecule has 5 nitrogen and oxygen atoms in total. The highest BCUT2D eigenvalue weighted by Crippen LogP contribution is 2.31. The number of halogens is 2. The van der Waals surface area contributed by atoms with Crippen LogP contribution in [-0.2, 0) is 10.2 Å². The summed E-state index contributed by atoms with van der Waals surface area (Å²) in [6.07, 6.45) is 0. The van der Waals surface area contributed by atoms with E-state index in [1.807, 2.05) is 0 Å². The van der Waals surface area contributed by atoms with Crippen LogP contribution in [0.1, 0.15) is 5.56 Å². The van der Waals surface area contributed by atoms with Gasteiger partial charge in [0.05, 0.1) is 9.40 Å². The third-order valence-corrected chi connectivity index (χ3v) is 3.30. The SMILES string of the molecule is Cc1cc(Br)c([N+](=O)[O-])cc1S(=O)(=O)F. The topological polar surface area (TPSA) is 77.3 Å². The molecule has 82 valence electrons.